The molecule has 0 aliphatic carbocycles. The molecule has 3 aromatic carbocycles. The lowest BCUT2D eigenvalue weighted by Crippen LogP contribution is -2.16. The first-order chi connectivity index (χ1) is 14.7. The fourth-order valence-corrected chi connectivity index (χ4v) is 4.06. The Morgan fingerprint density at radius 3 is 2.37 bits per heavy atom. The number of hydrogen-bond donors (Lipinski definition) is 0. The fraction of sp³-hybridized carbons (Fsp3) is 0.280. The molecule has 5 heteroatoms. The van der Waals surface area contributed by atoms with Gasteiger partial charge in [0.2, 0.25) is 5.82 Å². The third-order valence-corrected chi connectivity index (χ3v) is 5.64. The van der Waals surface area contributed by atoms with Crippen molar-refractivity contribution in [2.45, 2.75) is 32.3 Å². The first-order valence-corrected chi connectivity index (χ1v) is 10.3. The quantitative estimate of drug-likeness (QED) is 0.370. The average Bonchev–Trinajstić information content (AvgIpc) is 3.40. The summed E-state index contributed by atoms with van der Waals surface area (Å²) in [6, 6.07) is 14.6. The molecular weight excluding hydrogens is 386 g/mol. The minimum atomic E-state index is -0.611. The smallest absolute Gasteiger partial charge is 0.208 e. The van der Waals surface area contributed by atoms with Crippen LogP contribution in [0.4, 0.5) is 8.78 Å². The highest BCUT2D eigenvalue weighted by atomic mass is 19.1. The molecule has 5 rings (SSSR count). The van der Waals surface area contributed by atoms with Gasteiger partial charge in [0.1, 0.15) is 6.10 Å². The second-order valence-electron chi connectivity index (χ2n) is 7.71. The van der Waals surface area contributed by atoms with E-state index in [0.29, 0.717) is 36.0 Å². The molecular formula is C25H22F2O3. The number of aryl methyl sites for hydroxylation is 1. The van der Waals surface area contributed by atoms with Crippen molar-refractivity contribution in [2.75, 3.05) is 13.2 Å². The summed E-state index contributed by atoms with van der Waals surface area (Å²) < 4.78 is 47.1. The Balaban J connectivity index is 1.57. The maximum atomic E-state index is 15.3. The Morgan fingerprint density at radius 1 is 0.933 bits per heavy atom. The predicted molar refractivity (Wildman–Crippen MR) is 113 cm³/mol. The summed E-state index contributed by atoms with van der Waals surface area (Å²) >= 11 is 0. The SMILES string of the molecule is CCCc1ccc(-c2ccc3c(oc4c(F)c(OC5CCOC5)ccc43)c2F)cc1. The van der Waals surface area contributed by atoms with Crippen molar-refractivity contribution in [2.24, 2.45) is 0 Å². The minimum Gasteiger partial charge on any atom is -0.485 e. The van der Waals surface area contributed by atoms with Gasteiger partial charge in [-0.2, -0.15) is 4.39 Å². The van der Waals surface area contributed by atoms with Gasteiger partial charge in [-0.3, -0.25) is 0 Å². The second kappa shape index (κ2) is 7.73. The van der Waals surface area contributed by atoms with E-state index in [1.165, 1.54) is 5.56 Å². The van der Waals surface area contributed by atoms with Gasteiger partial charge in [-0.05, 0) is 35.7 Å². The van der Waals surface area contributed by atoms with Crippen molar-refractivity contribution in [1.29, 1.82) is 0 Å². The van der Waals surface area contributed by atoms with Crippen LogP contribution in [0.15, 0.2) is 52.9 Å². The van der Waals surface area contributed by atoms with E-state index in [2.05, 4.69) is 6.92 Å². The predicted octanol–water partition coefficient (Wildman–Crippen LogP) is 6.65. The van der Waals surface area contributed by atoms with Crippen LogP contribution in [-0.2, 0) is 11.2 Å². The Bertz CT molecular complexity index is 1200. The lowest BCUT2D eigenvalue weighted by atomic mass is 10.0. The zero-order chi connectivity index (χ0) is 20.7. The van der Waals surface area contributed by atoms with Gasteiger partial charge in [-0.25, -0.2) is 4.39 Å². The normalized spacial score (nSPS) is 16.6. The van der Waals surface area contributed by atoms with Crippen LogP contribution < -0.4 is 4.74 Å². The molecule has 1 unspecified atom stereocenters. The highest BCUT2D eigenvalue weighted by Gasteiger charge is 2.23. The molecule has 0 saturated carbocycles. The molecule has 1 atom stereocenters. The number of halogens is 2. The molecule has 2 heterocycles. The maximum Gasteiger partial charge on any atom is 0.208 e. The third kappa shape index (κ3) is 3.23. The van der Waals surface area contributed by atoms with Crippen LogP contribution in [0, 0.1) is 11.6 Å². The molecule has 0 amide bonds. The number of benzene rings is 3. The molecule has 3 nitrogen and oxygen atoms in total. The summed E-state index contributed by atoms with van der Waals surface area (Å²) in [7, 11) is 0. The van der Waals surface area contributed by atoms with E-state index in [1.54, 1.807) is 24.3 Å². The van der Waals surface area contributed by atoms with Gasteiger partial charge in [-0.1, -0.05) is 43.7 Å². The Labute approximate surface area is 173 Å². The van der Waals surface area contributed by atoms with E-state index in [-0.39, 0.29) is 23.0 Å². The van der Waals surface area contributed by atoms with Gasteiger partial charge in [0.25, 0.3) is 0 Å². The van der Waals surface area contributed by atoms with E-state index in [9.17, 15) is 0 Å². The molecule has 0 N–H and O–H groups in total. The summed E-state index contributed by atoms with van der Waals surface area (Å²) in [6.45, 7) is 3.17. The van der Waals surface area contributed by atoms with Crippen LogP contribution in [0.5, 0.6) is 5.75 Å². The second-order valence-corrected chi connectivity index (χ2v) is 7.71. The molecule has 0 spiro atoms. The van der Waals surface area contributed by atoms with Gasteiger partial charge in [-0.15, -0.1) is 0 Å². The first-order valence-electron chi connectivity index (χ1n) is 10.3. The highest BCUT2D eigenvalue weighted by molar-refractivity contribution is 6.06. The van der Waals surface area contributed by atoms with Crippen LogP contribution in [-0.4, -0.2) is 19.3 Å². The summed E-state index contributed by atoms with van der Waals surface area (Å²) in [4.78, 5) is 0. The zero-order valence-corrected chi connectivity index (χ0v) is 16.7. The average molecular weight is 408 g/mol. The van der Waals surface area contributed by atoms with Crippen molar-refractivity contribution in [1.82, 2.24) is 0 Å². The molecule has 0 radical (unpaired) electrons. The monoisotopic (exact) mass is 408 g/mol. The molecule has 1 fully saturated rings. The molecule has 1 aliphatic heterocycles. The van der Waals surface area contributed by atoms with E-state index in [0.717, 1.165) is 18.4 Å². The largest absolute Gasteiger partial charge is 0.485 e. The fourth-order valence-electron chi connectivity index (χ4n) is 4.06. The van der Waals surface area contributed by atoms with Crippen LogP contribution in [0.2, 0.25) is 0 Å². The lowest BCUT2D eigenvalue weighted by Gasteiger charge is -2.12. The van der Waals surface area contributed by atoms with E-state index < -0.39 is 11.6 Å². The molecule has 154 valence electrons. The third-order valence-electron chi connectivity index (χ3n) is 5.64. The van der Waals surface area contributed by atoms with Gasteiger partial charge < -0.3 is 13.9 Å². The van der Waals surface area contributed by atoms with Gasteiger partial charge >= 0.3 is 0 Å². The van der Waals surface area contributed by atoms with Crippen LogP contribution in [0.3, 0.4) is 0 Å². The van der Waals surface area contributed by atoms with Gasteiger partial charge in [0.15, 0.2) is 22.7 Å². The molecule has 1 saturated heterocycles. The Hall–Kier alpha value is -2.92. The lowest BCUT2D eigenvalue weighted by molar-refractivity contribution is 0.138. The summed E-state index contributed by atoms with van der Waals surface area (Å²) in [5, 5.41) is 1.07. The van der Waals surface area contributed by atoms with E-state index in [1.807, 2.05) is 24.3 Å². The zero-order valence-electron chi connectivity index (χ0n) is 16.7. The number of furan rings is 1. The van der Waals surface area contributed by atoms with Crippen LogP contribution >= 0.6 is 0 Å². The number of fused-ring (bicyclic) bond motifs is 3. The topological polar surface area (TPSA) is 31.6 Å². The summed E-state index contributed by atoms with van der Waals surface area (Å²) in [5.41, 5.74) is 2.48. The Kier molecular flexibility index (Phi) is 4.91. The maximum absolute atomic E-state index is 15.3. The molecule has 4 aromatic rings. The van der Waals surface area contributed by atoms with Crippen molar-refractivity contribution in [3.05, 3.63) is 65.7 Å². The number of ether oxygens (including phenoxy) is 2. The molecule has 1 aliphatic rings. The van der Waals surface area contributed by atoms with E-state index >= 15 is 8.78 Å². The molecule has 1 aromatic heterocycles. The molecule has 30 heavy (non-hydrogen) atoms. The highest BCUT2D eigenvalue weighted by Crippen LogP contribution is 2.38. The van der Waals surface area contributed by atoms with Crippen molar-refractivity contribution >= 4 is 21.9 Å². The van der Waals surface area contributed by atoms with Crippen molar-refractivity contribution in [3.63, 3.8) is 0 Å². The summed E-state index contributed by atoms with van der Waals surface area (Å²) in [6.07, 6.45) is 2.58. The van der Waals surface area contributed by atoms with Crippen molar-refractivity contribution < 1.29 is 22.7 Å². The molecule has 0 bridgehead atoms. The van der Waals surface area contributed by atoms with Gasteiger partial charge in [0, 0.05) is 22.8 Å². The van der Waals surface area contributed by atoms with Gasteiger partial charge in [0.05, 0.1) is 13.2 Å². The first kappa shape index (κ1) is 19.1. The van der Waals surface area contributed by atoms with E-state index in [4.69, 9.17) is 13.9 Å². The Morgan fingerprint density at radius 2 is 1.67 bits per heavy atom. The summed E-state index contributed by atoms with van der Waals surface area (Å²) in [5.74, 6) is -0.998. The minimum absolute atomic E-state index is 0.00996. The van der Waals surface area contributed by atoms with Crippen LogP contribution in [0.25, 0.3) is 33.1 Å². The number of rotatable bonds is 5. The standard InChI is InChI=1S/C25H22F2O3/c1-2-3-15-4-6-16(7-5-15)18-8-9-19-20-10-11-21(29-17-12-13-28-14-17)23(27)25(20)30-24(19)22(18)26/h4-11,17H,2-3,12-14H2,1H3. The van der Waals surface area contributed by atoms with Crippen molar-refractivity contribution in [3.8, 4) is 16.9 Å². The van der Waals surface area contributed by atoms with Crippen LogP contribution in [0.1, 0.15) is 25.3 Å². The number of hydrogen-bond acceptors (Lipinski definition) is 3.